The van der Waals surface area contributed by atoms with Crippen molar-refractivity contribution in [3.8, 4) is 0 Å². The van der Waals surface area contributed by atoms with E-state index in [4.69, 9.17) is 4.43 Å². The predicted octanol–water partition coefficient (Wildman–Crippen LogP) is 4.38. The zero-order chi connectivity index (χ0) is 23.2. The van der Waals surface area contributed by atoms with Gasteiger partial charge in [0.05, 0.1) is 12.2 Å². The van der Waals surface area contributed by atoms with E-state index < -0.39 is 20.5 Å². The summed E-state index contributed by atoms with van der Waals surface area (Å²) < 4.78 is 6.94. The highest BCUT2D eigenvalue weighted by Crippen LogP contribution is 2.37. The van der Waals surface area contributed by atoms with Gasteiger partial charge in [0.1, 0.15) is 0 Å². The van der Waals surface area contributed by atoms with Crippen LogP contribution in [-0.4, -0.2) is 37.3 Å². The van der Waals surface area contributed by atoms with Crippen LogP contribution in [0.15, 0.2) is 73.3 Å². The fourth-order valence-corrected chi connectivity index (χ4v) is 9.12. The van der Waals surface area contributed by atoms with E-state index in [9.17, 15) is 10.2 Å². The minimum absolute atomic E-state index is 0.0746. The average molecular weight is 441 g/mol. The molecule has 0 aliphatic carbocycles. The third kappa shape index (κ3) is 5.56. The molecule has 0 aromatic heterocycles. The number of benzene rings is 2. The summed E-state index contributed by atoms with van der Waals surface area (Å²) in [6.45, 7) is 16.8. The third-order valence-electron chi connectivity index (χ3n) is 6.55. The molecule has 2 N–H and O–H groups in total. The highest BCUT2D eigenvalue weighted by Gasteiger charge is 2.50. The van der Waals surface area contributed by atoms with Crippen LogP contribution in [0.4, 0.5) is 0 Å². The Hall–Kier alpha value is -1.72. The number of hydrogen-bond acceptors (Lipinski definition) is 3. The Morgan fingerprint density at radius 1 is 0.871 bits per heavy atom. The third-order valence-corrected chi connectivity index (χ3v) is 11.6. The van der Waals surface area contributed by atoms with Gasteiger partial charge in [-0.2, -0.15) is 0 Å². The maximum Gasteiger partial charge on any atom is 0.261 e. The van der Waals surface area contributed by atoms with Crippen LogP contribution in [0.5, 0.6) is 0 Å². The summed E-state index contributed by atoms with van der Waals surface area (Å²) in [7, 11) is -2.64. The molecule has 0 heterocycles. The van der Waals surface area contributed by atoms with Gasteiger partial charge in [0.25, 0.3) is 8.32 Å². The van der Waals surface area contributed by atoms with Gasteiger partial charge in [-0.3, -0.25) is 0 Å². The number of hydrogen-bond donors (Lipinski definition) is 2. The summed E-state index contributed by atoms with van der Waals surface area (Å²) in [4.78, 5) is 0. The van der Waals surface area contributed by atoms with Crippen molar-refractivity contribution in [3.05, 3.63) is 73.3 Å². The maximum absolute atomic E-state index is 11.0. The van der Waals surface area contributed by atoms with Gasteiger partial charge < -0.3 is 14.6 Å². The molecule has 0 amide bonds. The van der Waals surface area contributed by atoms with Crippen LogP contribution < -0.4 is 10.4 Å². The Bertz CT molecular complexity index is 761. The molecule has 0 unspecified atom stereocenters. The quantitative estimate of drug-likeness (QED) is 0.426. The van der Waals surface area contributed by atoms with Gasteiger partial charge in [-0.15, -0.1) is 6.58 Å². The van der Waals surface area contributed by atoms with Crippen molar-refractivity contribution < 1.29 is 14.6 Å². The van der Waals surface area contributed by atoms with Crippen molar-refractivity contribution >= 4 is 18.7 Å². The monoisotopic (exact) mass is 440 g/mol. The molecule has 0 saturated carbocycles. The van der Waals surface area contributed by atoms with Crippen LogP contribution in [-0.2, 0) is 4.43 Å². The number of aliphatic hydroxyl groups is 2. The molecular formula is C27H40O3Si. The fourth-order valence-electron chi connectivity index (χ4n) is 4.46. The lowest BCUT2D eigenvalue weighted by Gasteiger charge is -2.44. The van der Waals surface area contributed by atoms with Gasteiger partial charge in [0.15, 0.2) is 0 Å². The van der Waals surface area contributed by atoms with E-state index in [0.717, 1.165) is 0 Å². The summed E-state index contributed by atoms with van der Waals surface area (Å²) in [6, 6.07) is 21.0. The van der Waals surface area contributed by atoms with Crippen LogP contribution >= 0.6 is 0 Å². The molecule has 0 aliphatic rings. The summed E-state index contributed by atoms with van der Waals surface area (Å²) in [6.07, 6.45) is 0.427. The van der Waals surface area contributed by atoms with Crippen LogP contribution in [0.25, 0.3) is 0 Å². The molecule has 170 valence electrons. The molecule has 0 bridgehead atoms. The highest BCUT2D eigenvalue weighted by atomic mass is 28.4. The lowest BCUT2D eigenvalue weighted by atomic mass is 9.84. The van der Waals surface area contributed by atoms with E-state index in [1.807, 2.05) is 32.9 Å². The Balaban J connectivity index is 2.38. The maximum atomic E-state index is 11.0. The zero-order valence-corrected chi connectivity index (χ0v) is 21.0. The lowest BCUT2D eigenvalue weighted by molar-refractivity contribution is -0.0296. The molecular weight excluding hydrogens is 400 g/mol. The molecule has 0 aliphatic heterocycles. The first-order valence-electron chi connectivity index (χ1n) is 11.3. The van der Waals surface area contributed by atoms with Crippen molar-refractivity contribution in [1.82, 2.24) is 0 Å². The van der Waals surface area contributed by atoms with E-state index in [2.05, 4.69) is 75.9 Å². The molecule has 0 saturated heterocycles. The molecule has 4 heteroatoms. The van der Waals surface area contributed by atoms with Crippen molar-refractivity contribution in [2.45, 2.75) is 58.8 Å². The normalized spacial score (nSPS) is 17.4. The molecule has 0 radical (unpaired) electrons. The summed E-state index contributed by atoms with van der Waals surface area (Å²) in [5.41, 5.74) is 0. The molecule has 2 rings (SSSR count). The smallest absolute Gasteiger partial charge is 0.261 e. The van der Waals surface area contributed by atoms with Gasteiger partial charge >= 0.3 is 0 Å². The molecule has 0 fully saturated rings. The number of rotatable bonds is 10. The second-order valence-electron chi connectivity index (χ2n) is 9.89. The van der Waals surface area contributed by atoms with E-state index in [-0.39, 0.29) is 22.8 Å². The van der Waals surface area contributed by atoms with Crippen LogP contribution in [0.1, 0.15) is 41.5 Å². The first-order valence-corrected chi connectivity index (χ1v) is 13.2. The second-order valence-corrected chi connectivity index (χ2v) is 14.2. The first-order chi connectivity index (χ1) is 14.6. The number of aliphatic hydroxyl groups excluding tert-OH is 2. The van der Waals surface area contributed by atoms with Gasteiger partial charge in [-0.1, -0.05) is 108 Å². The molecule has 5 atom stereocenters. The van der Waals surface area contributed by atoms with Crippen molar-refractivity contribution in [2.75, 3.05) is 6.61 Å². The topological polar surface area (TPSA) is 49.7 Å². The van der Waals surface area contributed by atoms with E-state index >= 15 is 0 Å². The molecule has 2 aromatic rings. The molecule has 2 aromatic carbocycles. The standard InChI is InChI=1S/C27H40O3Si/c1-8-20(2)25(28)22(4)26(29)21(3)19-30-31(27(5,6)7,23-15-11-9-12-16-23)24-17-13-10-14-18-24/h8-18,20-22,25-26,28-29H,1,19H2,2-7H3/t20-,21-,22+,25-,26+/m1/s1. The lowest BCUT2D eigenvalue weighted by Crippen LogP contribution is -2.67. The van der Waals surface area contributed by atoms with Gasteiger partial charge in [-0.05, 0) is 15.4 Å². The average Bonchev–Trinajstić information content (AvgIpc) is 2.77. The van der Waals surface area contributed by atoms with Gasteiger partial charge in [0.2, 0.25) is 0 Å². The van der Waals surface area contributed by atoms with Crippen LogP contribution in [0.3, 0.4) is 0 Å². The fraction of sp³-hybridized carbons (Fsp3) is 0.481. The second kappa shape index (κ2) is 10.7. The largest absolute Gasteiger partial charge is 0.407 e. The van der Waals surface area contributed by atoms with E-state index in [1.165, 1.54) is 10.4 Å². The van der Waals surface area contributed by atoms with E-state index in [1.54, 1.807) is 6.08 Å². The SMILES string of the molecule is C=C[C@@H](C)[C@@H](O)[C@H](C)[C@@H](O)[C@H](C)CO[Si](c1ccccc1)(c1ccccc1)C(C)(C)C. The summed E-state index contributed by atoms with van der Waals surface area (Å²) in [5.74, 6) is -0.469. The van der Waals surface area contributed by atoms with Crippen molar-refractivity contribution in [2.24, 2.45) is 17.8 Å². The predicted molar refractivity (Wildman–Crippen MR) is 133 cm³/mol. The Kier molecular flexibility index (Phi) is 8.84. The Labute approximate surface area is 189 Å². The highest BCUT2D eigenvalue weighted by molar-refractivity contribution is 6.99. The summed E-state index contributed by atoms with van der Waals surface area (Å²) >= 11 is 0. The van der Waals surface area contributed by atoms with Gasteiger partial charge in [-0.25, -0.2) is 0 Å². The zero-order valence-electron chi connectivity index (χ0n) is 20.0. The Morgan fingerprint density at radius 3 is 1.71 bits per heavy atom. The molecule has 0 spiro atoms. The summed E-state index contributed by atoms with van der Waals surface area (Å²) in [5, 5.41) is 23.9. The molecule has 31 heavy (non-hydrogen) atoms. The van der Waals surface area contributed by atoms with E-state index in [0.29, 0.717) is 6.61 Å². The molecule has 3 nitrogen and oxygen atoms in total. The first kappa shape index (κ1) is 25.5. The van der Waals surface area contributed by atoms with Crippen molar-refractivity contribution in [3.63, 3.8) is 0 Å². The minimum atomic E-state index is -2.64. The Morgan fingerprint density at radius 2 is 1.32 bits per heavy atom. The van der Waals surface area contributed by atoms with Gasteiger partial charge in [0, 0.05) is 24.4 Å². The minimum Gasteiger partial charge on any atom is -0.407 e. The van der Waals surface area contributed by atoms with Crippen LogP contribution in [0.2, 0.25) is 5.04 Å². The van der Waals surface area contributed by atoms with Crippen LogP contribution in [0, 0.1) is 17.8 Å². The van der Waals surface area contributed by atoms with Crippen molar-refractivity contribution in [1.29, 1.82) is 0 Å².